The standard InChI is InChI=1S/C30H23Cl2N3O6S/c1-3-23-25(29(37)40-2)26(19-7-5-4-6-8-19)34-28(36)24(42-30(34)33-23)15-18-13-21(31)27(22(32)14-18)41-16-17-9-11-20(12-10-17)35(38)39/h4-15,26H,3,16H2,1-2H3/b24-15-/t26-/m0/s1. The fourth-order valence-corrected chi connectivity index (χ4v) is 6.27. The van der Waals surface area contributed by atoms with Crippen LogP contribution in [-0.4, -0.2) is 22.6 Å². The zero-order valence-electron chi connectivity index (χ0n) is 22.4. The van der Waals surface area contributed by atoms with Crippen molar-refractivity contribution in [2.45, 2.75) is 26.0 Å². The van der Waals surface area contributed by atoms with Gasteiger partial charge in [0.2, 0.25) is 0 Å². The Balaban J connectivity index is 1.52. The molecule has 0 fully saturated rings. The van der Waals surface area contributed by atoms with Crippen molar-refractivity contribution in [2.24, 2.45) is 4.99 Å². The molecule has 0 amide bonds. The first-order valence-corrected chi connectivity index (χ1v) is 14.3. The van der Waals surface area contributed by atoms with Crippen LogP contribution in [0.15, 0.2) is 87.8 Å². The summed E-state index contributed by atoms with van der Waals surface area (Å²) in [6, 6.07) is 17.8. The summed E-state index contributed by atoms with van der Waals surface area (Å²) in [6.45, 7) is 1.99. The molecule has 1 aromatic heterocycles. The van der Waals surface area contributed by atoms with Gasteiger partial charge in [-0.15, -0.1) is 0 Å². The molecular formula is C30H23Cl2N3O6S. The molecule has 0 unspecified atom stereocenters. The molecule has 1 aliphatic heterocycles. The Morgan fingerprint density at radius 3 is 2.38 bits per heavy atom. The van der Waals surface area contributed by atoms with E-state index in [-0.39, 0.29) is 33.6 Å². The van der Waals surface area contributed by atoms with Crippen LogP contribution in [0.3, 0.4) is 0 Å². The number of methoxy groups -OCH3 is 1. The lowest BCUT2D eigenvalue weighted by Crippen LogP contribution is -2.40. The van der Waals surface area contributed by atoms with E-state index in [1.807, 2.05) is 37.3 Å². The first kappa shape index (κ1) is 29.2. The van der Waals surface area contributed by atoms with Crippen LogP contribution in [0.25, 0.3) is 6.08 Å². The molecule has 4 aromatic rings. The molecule has 3 aromatic carbocycles. The number of nitro benzene ring substituents is 1. The van der Waals surface area contributed by atoms with Crippen LogP contribution in [-0.2, 0) is 16.1 Å². The van der Waals surface area contributed by atoms with E-state index in [0.717, 1.165) is 5.56 Å². The lowest BCUT2D eigenvalue weighted by atomic mass is 9.95. The Morgan fingerprint density at radius 2 is 1.79 bits per heavy atom. The number of carbonyl (C=O) groups excluding carboxylic acids is 1. The van der Waals surface area contributed by atoms with Crippen molar-refractivity contribution in [3.05, 3.63) is 135 Å². The van der Waals surface area contributed by atoms with Gasteiger partial charge < -0.3 is 9.47 Å². The lowest BCUT2D eigenvalue weighted by molar-refractivity contribution is -0.384. The van der Waals surface area contributed by atoms with Crippen LogP contribution in [0.1, 0.15) is 36.1 Å². The summed E-state index contributed by atoms with van der Waals surface area (Å²) in [4.78, 5) is 42.2. The molecule has 0 aliphatic carbocycles. The molecule has 0 spiro atoms. The van der Waals surface area contributed by atoms with Gasteiger partial charge in [-0.05, 0) is 53.5 Å². The summed E-state index contributed by atoms with van der Waals surface area (Å²) in [7, 11) is 1.31. The Morgan fingerprint density at radius 1 is 1.12 bits per heavy atom. The van der Waals surface area contributed by atoms with Gasteiger partial charge in [0.05, 0.1) is 43.9 Å². The average Bonchev–Trinajstić information content (AvgIpc) is 3.30. The molecule has 0 saturated heterocycles. The topological polar surface area (TPSA) is 113 Å². The van der Waals surface area contributed by atoms with Gasteiger partial charge in [0, 0.05) is 12.1 Å². The van der Waals surface area contributed by atoms with Crippen molar-refractivity contribution in [2.75, 3.05) is 7.11 Å². The van der Waals surface area contributed by atoms with E-state index >= 15 is 0 Å². The van der Waals surface area contributed by atoms with Crippen molar-refractivity contribution in [1.29, 1.82) is 0 Å². The third-order valence-corrected chi connectivity index (χ3v) is 8.16. The summed E-state index contributed by atoms with van der Waals surface area (Å²) >= 11 is 14.2. The van der Waals surface area contributed by atoms with E-state index < -0.39 is 16.9 Å². The van der Waals surface area contributed by atoms with Gasteiger partial charge in [-0.1, -0.05) is 71.8 Å². The number of thiazole rings is 1. The first-order chi connectivity index (χ1) is 20.2. The minimum atomic E-state index is -0.700. The molecule has 2 heterocycles. The van der Waals surface area contributed by atoms with Crippen molar-refractivity contribution in [1.82, 2.24) is 4.57 Å². The normalized spacial score (nSPS) is 14.8. The molecule has 0 radical (unpaired) electrons. The number of ether oxygens (including phenoxy) is 2. The summed E-state index contributed by atoms with van der Waals surface area (Å²) in [5.74, 6) is -0.295. The van der Waals surface area contributed by atoms with Crippen LogP contribution in [0.5, 0.6) is 5.75 Å². The summed E-state index contributed by atoms with van der Waals surface area (Å²) in [6.07, 6.45) is 2.14. The maximum absolute atomic E-state index is 13.8. The second-order valence-corrected chi connectivity index (χ2v) is 11.0. The molecule has 1 atom stereocenters. The molecule has 0 bridgehead atoms. The van der Waals surface area contributed by atoms with E-state index in [0.29, 0.717) is 38.2 Å². The predicted molar refractivity (Wildman–Crippen MR) is 161 cm³/mol. The molecule has 0 N–H and O–H groups in total. The SMILES string of the molecule is CCC1=C(C(=O)OC)[C@H](c2ccccc2)n2c(s/c(=C\c3cc(Cl)c(OCc4ccc([N+](=O)[O-])cc4)c(Cl)c3)c2=O)=N1. The number of aromatic nitrogens is 1. The van der Waals surface area contributed by atoms with E-state index in [4.69, 9.17) is 32.7 Å². The number of carbonyl (C=O) groups is 1. The van der Waals surface area contributed by atoms with Crippen LogP contribution in [0, 0.1) is 10.1 Å². The van der Waals surface area contributed by atoms with E-state index in [2.05, 4.69) is 4.99 Å². The second kappa shape index (κ2) is 12.3. The third-order valence-electron chi connectivity index (χ3n) is 6.61. The number of esters is 1. The van der Waals surface area contributed by atoms with E-state index in [9.17, 15) is 19.7 Å². The minimum Gasteiger partial charge on any atom is -0.486 e. The number of hydrogen-bond acceptors (Lipinski definition) is 8. The Bertz CT molecular complexity index is 1880. The number of hydrogen-bond donors (Lipinski definition) is 0. The van der Waals surface area contributed by atoms with Crippen molar-refractivity contribution in [3.63, 3.8) is 0 Å². The summed E-state index contributed by atoms with van der Waals surface area (Å²) in [5, 5.41) is 11.3. The number of benzene rings is 3. The summed E-state index contributed by atoms with van der Waals surface area (Å²) < 4.78 is 12.8. The highest BCUT2D eigenvalue weighted by Gasteiger charge is 2.33. The van der Waals surface area contributed by atoms with Gasteiger partial charge in [0.1, 0.15) is 6.61 Å². The largest absolute Gasteiger partial charge is 0.486 e. The highest BCUT2D eigenvalue weighted by atomic mass is 35.5. The molecular weight excluding hydrogens is 601 g/mol. The maximum Gasteiger partial charge on any atom is 0.338 e. The lowest BCUT2D eigenvalue weighted by Gasteiger charge is -2.25. The number of nitrogens with zero attached hydrogens (tertiary/aromatic N) is 3. The van der Waals surface area contributed by atoms with Crippen LogP contribution in [0.4, 0.5) is 5.69 Å². The molecule has 1 aliphatic rings. The number of allylic oxidation sites excluding steroid dienone is 1. The van der Waals surface area contributed by atoms with Crippen molar-refractivity contribution < 1.29 is 19.2 Å². The van der Waals surface area contributed by atoms with Gasteiger partial charge in [0.25, 0.3) is 11.2 Å². The van der Waals surface area contributed by atoms with Crippen LogP contribution < -0.4 is 19.6 Å². The highest BCUT2D eigenvalue weighted by molar-refractivity contribution is 7.07. The first-order valence-electron chi connectivity index (χ1n) is 12.7. The number of fused-ring (bicyclic) bond motifs is 1. The molecule has 42 heavy (non-hydrogen) atoms. The quantitative estimate of drug-likeness (QED) is 0.144. The number of halogens is 2. The van der Waals surface area contributed by atoms with Crippen LogP contribution >= 0.6 is 34.5 Å². The Kier molecular flexibility index (Phi) is 8.58. The molecule has 5 rings (SSSR count). The fourth-order valence-electron chi connectivity index (χ4n) is 4.64. The van der Waals surface area contributed by atoms with Gasteiger partial charge in [0.15, 0.2) is 10.6 Å². The maximum atomic E-state index is 13.8. The van der Waals surface area contributed by atoms with Gasteiger partial charge >= 0.3 is 5.97 Å². The smallest absolute Gasteiger partial charge is 0.338 e. The summed E-state index contributed by atoms with van der Waals surface area (Å²) in [5.41, 5.74) is 2.56. The van der Waals surface area contributed by atoms with Crippen molar-refractivity contribution in [3.8, 4) is 5.75 Å². The van der Waals surface area contributed by atoms with Crippen molar-refractivity contribution >= 4 is 52.3 Å². The molecule has 9 nitrogen and oxygen atoms in total. The van der Waals surface area contributed by atoms with Gasteiger partial charge in [-0.3, -0.25) is 19.5 Å². The Hall–Kier alpha value is -4.25. The second-order valence-electron chi connectivity index (χ2n) is 9.22. The highest BCUT2D eigenvalue weighted by Crippen LogP contribution is 2.35. The average molecular weight is 625 g/mol. The van der Waals surface area contributed by atoms with Gasteiger partial charge in [-0.25, -0.2) is 9.79 Å². The van der Waals surface area contributed by atoms with Crippen LogP contribution in [0.2, 0.25) is 10.0 Å². The number of non-ortho nitro benzene ring substituents is 1. The Labute approximate surface area is 253 Å². The van der Waals surface area contributed by atoms with E-state index in [1.165, 1.54) is 35.1 Å². The number of rotatable bonds is 8. The monoisotopic (exact) mass is 623 g/mol. The zero-order valence-corrected chi connectivity index (χ0v) is 24.7. The fraction of sp³-hybridized carbons (Fsp3) is 0.167. The number of nitro groups is 1. The zero-order chi connectivity index (χ0) is 30.0. The minimum absolute atomic E-state index is 0.0213. The van der Waals surface area contributed by atoms with E-state index in [1.54, 1.807) is 30.3 Å². The predicted octanol–water partition coefficient (Wildman–Crippen LogP) is 5.59. The molecule has 12 heteroatoms. The molecule has 214 valence electrons. The third kappa shape index (κ3) is 5.74. The van der Waals surface area contributed by atoms with Gasteiger partial charge in [-0.2, -0.15) is 0 Å². The molecule has 0 saturated carbocycles.